The van der Waals surface area contributed by atoms with Crippen LogP contribution in [-0.4, -0.2) is 42.8 Å². The molecule has 1 rings (SSSR count). The van der Waals surface area contributed by atoms with E-state index < -0.39 is 19.1 Å². The molecule has 0 unspecified atom stereocenters. The molecule has 1 fully saturated rings. The van der Waals surface area contributed by atoms with E-state index in [9.17, 15) is 5.11 Å². The predicted molar refractivity (Wildman–Crippen MR) is 37.1 cm³/mol. The second-order valence-electron chi connectivity index (χ2n) is 2.83. The minimum Gasteiger partial charge on any atom is -1.00 e. The van der Waals surface area contributed by atoms with Gasteiger partial charge in [0.15, 0.2) is 0 Å². The van der Waals surface area contributed by atoms with Crippen molar-refractivity contribution in [2.45, 2.75) is 18.9 Å². The molecule has 0 aromatic carbocycles. The summed E-state index contributed by atoms with van der Waals surface area (Å²) in [6.07, 6.45) is -0.880. The van der Waals surface area contributed by atoms with Gasteiger partial charge in [-0.2, -0.15) is 0 Å². The summed E-state index contributed by atoms with van der Waals surface area (Å²) in [5.41, 5.74) is 0. The molecule has 0 bridgehead atoms. The van der Waals surface area contributed by atoms with Crippen LogP contribution in [0.2, 0.25) is 0 Å². The van der Waals surface area contributed by atoms with Gasteiger partial charge in [0.25, 0.3) is 0 Å². The fourth-order valence-corrected chi connectivity index (χ4v) is 0.795. The highest BCUT2D eigenvalue weighted by Crippen LogP contribution is 2.13. The average Bonchev–Trinajstić information content (AvgIpc) is 1.80. The lowest BCUT2D eigenvalue weighted by molar-refractivity contribution is -0.896. The largest absolute Gasteiger partial charge is 1.00 e. The van der Waals surface area contributed by atoms with E-state index in [4.69, 9.17) is 5.48 Å². The van der Waals surface area contributed by atoms with Crippen molar-refractivity contribution < 1.29 is 27.5 Å². The maximum atomic E-state index is 9.32. The Labute approximate surface area is 74.5 Å². The Bertz CT molecular complexity index is 202. The van der Waals surface area contributed by atoms with Crippen molar-refractivity contribution in [3.05, 3.63) is 0 Å². The summed E-state index contributed by atoms with van der Waals surface area (Å²) < 4.78 is 30.3. The Morgan fingerprint density at radius 1 is 1.40 bits per heavy atom. The summed E-state index contributed by atoms with van der Waals surface area (Å²) in [5, 5.41) is 9.32. The lowest BCUT2D eigenvalue weighted by Gasteiger charge is -2.35. The number of hydrogen-bond donors (Lipinski definition) is 1. The minimum absolute atomic E-state index is 0. The zero-order chi connectivity index (χ0) is 10.5. The monoisotopic (exact) mass is 169 g/mol. The van der Waals surface area contributed by atoms with E-state index in [0.29, 0.717) is 0 Å². The van der Waals surface area contributed by atoms with Crippen LogP contribution in [0.25, 0.3) is 0 Å². The van der Waals surface area contributed by atoms with Crippen molar-refractivity contribution in [1.29, 1.82) is 0 Å². The average molecular weight is 170 g/mol. The van der Waals surface area contributed by atoms with E-state index in [0.717, 1.165) is 0 Å². The number of rotatable bonds is 0. The molecule has 62 valence electrons. The Morgan fingerprint density at radius 2 is 1.80 bits per heavy atom. The summed E-state index contributed by atoms with van der Waals surface area (Å²) in [4.78, 5) is 0. The summed E-state index contributed by atoms with van der Waals surface area (Å²) in [7, 11) is 3.04. The van der Waals surface area contributed by atoms with E-state index in [1.54, 1.807) is 0 Å². The Kier molecular flexibility index (Phi) is 1.77. The Morgan fingerprint density at radius 3 is 2.20 bits per heavy atom. The van der Waals surface area contributed by atoms with Crippen LogP contribution in [0.3, 0.4) is 0 Å². The van der Waals surface area contributed by atoms with Gasteiger partial charge in [-0.25, -0.2) is 0 Å². The molecule has 1 aliphatic rings. The first-order valence-corrected chi connectivity index (χ1v) is 3.12. The van der Waals surface area contributed by atoms with Crippen LogP contribution in [0.4, 0.5) is 0 Å². The van der Waals surface area contributed by atoms with E-state index in [1.165, 1.54) is 14.1 Å². The number of piperidine rings is 1. The predicted octanol–water partition coefficient (Wildman–Crippen LogP) is -2.78. The van der Waals surface area contributed by atoms with Crippen molar-refractivity contribution in [2.75, 3.05) is 27.1 Å². The molecule has 1 N–H and O–H groups in total. The summed E-state index contributed by atoms with van der Waals surface area (Å²) in [6.45, 7) is -3.41. The summed E-state index contributed by atoms with van der Waals surface area (Å²) in [6, 6.07) is 0. The maximum absolute atomic E-state index is 9.32. The van der Waals surface area contributed by atoms with Gasteiger partial charge in [0.2, 0.25) is 0 Å². The van der Waals surface area contributed by atoms with Gasteiger partial charge in [-0.1, -0.05) is 0 Å². The first kappa shape index (κ1) is 4.96. The SMILES string of the molecule is [2H]C1([2H])CC(O)CC([2H])([2H])[N+]1(C)C.[Cl-]. The van der Waals surface area contributed by atoms with Crippen molar-refractivity contribution >= 4 is 0 Å². The number of quaternary nitrogens is 1. The van der Waals surface area contributed by atoms with Crippen LogP contribution < -0.4 is 12.4 Å². The van der Waals surface area contributed by atoms with Crippen LogP contribution in [0.15, 0.2) is 0 Å². The number of nitrogens with zero attached hydrogens (tertiary/aromatic N) is 1. The van der Waals surface area contributed by atoms with Gasteiger partial charge >= 0.3 is 0 Å². The Hall–Kier alpha value is 0.210. The van der Waals surface area contributed by atoms with Crippen LogP contribution in [0, 0.1) is 0 Å². The standard InChI is InChI=1S/C7H16NO.ClH/c1-8(2)5-3-7(9)4-6-8;/h7,9H,3-6H2,1-2H3;1H/q+1;/p-1/i5D2,6D2;. The molecule has 0 aromatic rings. The lowest BCUT2D eigenvalue weighted by atomic mass is 10.1. The third-order valence-electron chi connectivity index (χ3n) is 1.44. The van der Waals surface area contributed by atoms with Crippen molar-refractivity contribution in [2.24, 2.45) is 0 Å². The maximum Gasteiger partial charge on any atom is 0.0925 e. The van der Waals surface area contributed by atoms with Gasteiger partial charge in [-0.3, -0.25) is 0 Å². The van der Waals surface area contributed by atoms with E-state index in [2.05, 4.69) is 0 Å². The highest BCUT2D eigenvalue weighted by molar-refractivity contribution is 4.59. The second-order valence-corrected chi connectivity index (χ2v) is 2.83. The molecule has 3 heteroatoms. The number of hydrogen-bond acceptors (Lipinski definition) is 1. The van der Waals surface area contributed by atoms with Crippen molar-refractivity contribution in [3.8, 4) is 0 Å². The zero-order valence-corrected chi connectivity index (χ0v) is 7.02. The molecule has 0 saturated carbocycles. The molecule has 0 aliphatic carbocycles. The van der Waals surface area contributed by atoms with E-state index in [1.807, 2.05) is 0 Å². The quantitative estimate of drug-likeness (QED) is 0.389. The molecule has 1 heterocycles. The third kappa shape index (κ3) is 2.86. The van der Waals surface area contributed by atoms with Crippen molar-refractivity contribution in [3.63, 3.8) is 0 Å². The van der Waals surface area contributed by atoms with Gasteiger partial charge in [-0.15, -0.1) is 0 Å². The molecule has 1 aliphatic heterocycles. The van der Waals surface area contributed by atoms with E-state index >= 15 is 0 Å². The highest BCUT2D eigenvalue weighted by atomic mass is 35.5. The minimum atomic E-state index is -1.71. The smallest absolute Gasteiger partial charge is 0.0925 e. The number of halogens is 1. The summed E-state index contributed by atoms with van der Waals surface area (Å²) in [5.74, 6) is 0. The molecule has 0 radical (unpaired) electrons. The fourth-order valence-electron chi connectivity index (χ4n) is 0.795. The number of aliphatic hydroxyl groups is 1. The number of aliphatic hydroxyl groups excluding tert-OH is 1. The molecule has 0 atom stereocenters. The fraction of sp³-hybridized carbons (Fsp3) is 1.00. The topological polar surface area (TPSA) is 20.2 Å². The van der Waals surface area contributed by atoms with Gasteiger partial charge < -0.3 is 22.0 Å². The van der Waals surface area contributed by atoms with Gasteiger partial charge in [0.05, 0.1) is 38.7 Å². The van der Waals surface area contributed by atoms with Gasteiger partial charge in [0, 0.05) is 12.8 Å². The van der Waals surface area contributed by atoms with E-state index in [-0.39, 0.29) is 29.7 Å². The first-order valence-electron chi connectivity index (χ1n) is 5.12. The lowest BCUT2D eigenvalue weighted by Crippen LogP contribution is -3.00. The third-order valence-corrected chi connectivity index (χ3v) is 1.44. The number of likely N-dealkylation sites (tertiary alicyclic amines) is 1. The molecule has 10 heavy (non-hydrogen) atoms. The molecular formula is C7H16ClNO. The van der Waals surface area contributed by atoms with Gasteiger partial charge in [-0.05, 0) is 0 Å². The van der Waals surface area contributed by atoms with Crippen LogP contribution in [0.5, 0.6) is 0 Å². The van der Waals surface area contributed by atoms with Gasteiger partial charge in [0.1, 0.15) is 0 Å². The molecule has 0 aromatic heterocycles. The molecule has 0 spiro atoms. The van der Waals surface area contributed by atoms with Crippen LogP contribution in [0.1, 0.15) is 18.3 Å². The molecule has 0 amide bonds. The Balaban J connectivity index is 0.00000169. The van der Waals surface area contributed by atoms with Crippen LogP contribution >= 0.6 is 0 Å². The van der Waals surface area contributed by atoms with Crippen LogP contribution in [-0.2, 0) is 0 Å². The second kappa shape index (κ2) is 3.56. The van der Waals surface area contributed by atoms with Crippen molar-refractivity contribution in [1.82, 2.24) is 0 Å². The normalized spacial score (nSPS) is 41.5. The zero-order valence-electron chi connectivity index (χ0n) is 10.3. The first-order chi connectivity index (χ1) is 5.60. The molecular weight excluding hydrogens is 150 g/mol. The highest BCUT2D eigenvalue weighted by Gasteiger charge is 2.23. The molecule has 2 nitrogen and oxygen atoms in total. The summed E-state index contributed by atoms with van der Waals surface area (Å²) >= 11 is 0. The molecule has 1 saturated heterocycles.